The van der Waals surface area contributed by atoms with E-state index in [-0.39, 0.29) is 29.9 Å². The predicted octanol–water partition coefficient (Wildman–Crippen LogP) is 3.26. The van der Waals surface area contributed by atoms with Crippen LogP contribution in [0.4, 0.5) is 13.2 Å². The summed E-state index contributed by atoms with van der Waals surface area (Å²) in [4.78, 5) is 10.9. The van der Waals surface area contributed by atoms with Crippen molar-refractivity contribution in [3.63, 3.8) is 0 Å². The lowest BCUT2D eigenvalue weighted by atomic mass is 10.2. The number of benzene rings is 1. The second-order valence-corrected chi connectivity index (χ2v) is 4.67. The monoisotopic (exact) mass is 278 g/mol. The molecule has 100 valence electrons. The fraction of sp³-hybridized carbons (Fsp3) is 0.417. The average molecular weight is 278 g/mol. The van der Waals surface area contributed by atoms with Gasteiger partial charge in [-0.15, -0.1) is 0 Å². The van der Waals surface area contributed by atoms with Crippen LogP contribution in [-0.4, -0.2) is 23.6 Å². The molecule has 1 rings (SSSR count). The van der Waals surface area contributed by atoms with Crippen molar-refractivity contribution < 1.29 is 22.7 Å². The van der Waals surface area contributed by atoms with Crippen molar-refractivity contribution in [1.29, 1.82) is 0 Å². The van der Waals surface area contributed by atoms with Gasteiger partial charge in [0.1, 0.15) is 5.82 Å². The average Bonchev–Trinajstić information content (AvgIpc) is 2.32. The van der Waals surface area contributed by atoms with E-state index in [0.717, 1.165) is 5.56 Å². The number of rotatable bonds is 6. The Hall–Kier alpha value is -1.17. The number of ether oxygens (including phenoxy) is 1. The second-order valence-electron chi connectivity index (χ2n) is 3.46. The lowest BCUT2D eigenvalue weighted by Gasteiger charge is -2.13. The molecule has 0 radical (unpaired) electrons. The van der Waals surface area contributed by atoms with E-state index in [9.17, 15) is 18.0 Å². The van der Waals surface area contributed by atoms with Crippen molar-refractivity contribution in [1.82, 2.24) is 0 Å². The Labute approximate surface area is 108 Å². The van der Waals surface area contributed by atoms with Gasteiger partial charge in [-0.2, -0.15) is 8.78 Å². The summed E-state index contributed by atoms with van der Waals surface area (Å²) in [6, 6.07) is 5.59. The first-order chi connectivity index (χ1) is 8.45. The molecule has 0 bridgehead atoms. The number of esters is 1. The lowest BCUT2D eigenvalue weighted by molar-refractivity contribution is -0.159. The van der Waals surface area contributed by atoms with Gasteiger partial charge in [-0.1, -0.05) is 23.9 Å². The molecule has 2 nitrogen and oxygen atoms in total. The third kappa shape index (κ3) is 4.60. The second kappa shape index (κ2) is 6.68. The van der Waals surface area contributed by atoms with Crippen LogP contribution in [-0.2, 0) is 16.0 Å². The number of hydrogen-bond donors (Lipinski definition) is 0. The molecule has 0 aliphatic carbocycles. The van der Waals surface area contributed by atoms with Crippen LogP contribution in [0.15, 0.2) is 24.3 Å². The largest absolute Gasteiger partial charge is 0.461 e. The van der Waals surface area contributed by atoms with Gasteiger partial charge in [-0.05, 0) is 31.0 Å². The normalized spacial score (nSPS) is 11.3. The molecular weight excluding hydrogens is 265 g/mol. The van der Waals surface area contributed by atoms with Gasteiger partial charge in [0.05, 0.1) is 6.61 Å². The highest BCUT2D eigenvalue weighted by molar-refractivity contribution is 8.01. The number of thioether (sulfide) groups is 1. The zero-order valence-electron chi connectivity index (χ0n) is 9.79. The SMILES string of the molecule is CCOC(=O)C(F)(F)SCCc1ccc(F)cc1. The van der Waals surface area contributed by atoms with E-state index in [4.69, 9.17) is 0 Å². The summed E-state index contributed by atoms with van der Waals surface area (Å²) in [5.74, 6) is -1.84. The number of halogens is 3. The molecule has 0 spiro atoms. The topological polar surface area (TPSA) is 26.3 Å². The fourth-order valence-corrected chi connectivity index (χ4v) is 1.99. The molecule has 0 atom stereocenters. The van der Waals surface area contributed by atoms with Crippen LogP contribution < -0.4 is 0 Å². The molecule has 0 aromatic heterocycles. The van der Waals surface area contributed by atoms with Gasteiger partial charge in [0.25, 0.3) is 0 Å². The molecule has 0 aliphatic heterocycles. The Bertz CT molecular complexity index is 393. The highest BCUT2D eigenvalue weighted by Gasteiger charge is 2.40. The molecule has 0 heterocycles. The maximum atomic E-state index is 13.2. The van der Waals surface area contributed by atoms with Crippen LogP contribution >= 0.6 is 11.8 Å². The highest BCUT2D eigenvalue weighted by atomic mass is 32.2. The molecule has 1 aromatic rings. The van der Waals surface area contributed by atoms with Crippen LogP contribution in [0.25, 0.3) is 0 Å². The van der Waals surface area contributed by atoms with Crippen molar-refractivity contribution in [2.75, 3.05) is 12.4 Å². The Morgan fingerprint density at radius 3 is 2.50 bits per heavy atom. The minimum absolute atomic E-state index is 0.0530. The van der Waals surface area contributed by atoms with Gasteiger partial charge in [0, 0.05) is 5.75 Å². The summed E-state index contributed by atoms with van der Waals surface area (Å²) in [7, 11) is 0. The van der Waals surface area contributed by atoms with E-state index in [1.165, 1.54) is 31.2 Å². The Morgan fingerprint density at radius 2 is 1.94 bits per heavy atom. The summed E-state index contributed by atoms with van der Waals surface area (Å²) in [6.07, 6.45) is 0.333. The first kappa shape index (κ1) is 14.9. The third-order valence-corrected chi connectivity index (χ3v) is 3.04. The fourth-order valence-electron chi connectivity index (χ4n) is 1.22. The van der Waals surface area contributed by atoms with E-state index >= 15 is 0 Å². The molecule has 0 amide bonds. The van der Waals surface area contributed by atoms with E-state index < -0.39 is 11.2 Å². The van der Waals surface area contributed by atoms with Crippen LogP contribution in [0.3, 0.4) is 0 Å². The molecule has 0 fully saturated rings. The number of carbonyl (C=O) groups excluding carboxylic acids is 1. The van der Waals surface area contributed by atoms with Crippen molar-refractivity contribution in [3.05, 3.63) is 35.6 Å². The summed E-state index contributed by atoms with van der Waals surface area (Å²) >= 11 is 0.224. The minimum atomic E-state index is -3.53. The molecule has 0 saturated heterocycles. The number of aryl methyl sites for hydroxylation is 1. The smallest absolute Gasteiger partial charge is 0.388 e. The van der Waals surface area contributed by atoms with Gasteiger partial charge in [-0.3, -0.25) is 0 Å². The molecule has 0 saturated carbocycles. The van der Waals surface area contributed by atoms with Crippen LogP contribution in [0.5, 0.6) is 0 Å². The van der Waals surface area contributed by atoms with E-state index in [0.29, 0.717) is 6.42 Å². The maximum absolute atomic E-state index is 13.2. The molecule has 0 N–H and O–H groups in total. The number of carbonyl (C=O) groups is 1. The van der Waals surface area contributed by atoms with Gasteiger partial charge in [-0.25, -0.2) is 9.18 Å². The zero-order chi connectivity index (χ0) is 13.6. The van der Waals surface area contributed by atoms with Crippen LogP contribution in [0, 0.1) is 5.82 Å². The van der Waals surface area contributed by atoms with Crippen molar-refractivity contribution in [2.24, 2.45) is 0 Å². The third-order valence-electron chi connectivity index (χ3n) is 2.10. The quantitative estimate of drug-likeness (QED) is 0.747. The summed E-state index contributed by atoms with van der Waals surface area (Å²) < 4.78 is 43.3. The lowest BCUT2D eigenvalue weighted by Crippen LogP contribution is -2.27. The number of hydrogen-bond acceptors (Lipinski definition) is 3. The Kier molecular flexibility index (Phi) is 5.53. The van der Waals surface area contributed by atoms with E-state index in [1.54, 1.807) is 0 Å². The van der Waals surface area contributed by atoms with Gasteiger partial charge in [0.15, 0.2) is 0 Å². The number of alkyl halides is 2. The first-order valence-electron chi connectivity index (χ1n) is 5.39. The van der Waals surface area contributed by atoms with Crippen LogP contribution in [0.2, 0.25) is 0 Å². The minimum Gasteiger partial charge on any atom is -0.461 e. The van der Waals surface area contributed by atoms with E-state index in [1.807, 2.05) is 0 Å². The van der Waals surface area contributed by atoms with Crippen LogP contribution in [0.1, 0.15) is 12.5 Å². The maximum Gasteiger partial charge on any atom is 0.388 e. The van der Waals surface area contributed by atoms with E-state index in [2.05, 4.69) is 4.74 Å². The van der Waals surface area contributed by atoms with Gasteiger partial charge < -0.3 is 4.74 Å². The van der Waals surface area contributed by atoms with Crippen molar-refractivity contribution >= 4 is 17.7 Å². The van der Waals surface area contributed by atoms with Crippen molar-refractivity contribution in [3.8, 4) is 0 Å². The summed E-state index contributed by atoms with van der Waals surface area (Å²) in [5.41, 5.74) is 0.739. The Morgan fingerprint density at radius 1 is 1.33 bits per heavy atom. The molecular formula is C12H13F3O2S. The molecule has 6 heteroatoms. The Balaban J connectivity index is 2.41. The molecule has 0 aliphatic rings. The molecule has 0 unspecified atom stereocenters. The van der Waals surface area contributed by atoms with Gasteiger partial charge >= 0.3 is 11.2 Å². The summed E-state index contributed by atoms with van der Waals surface area (Å²) in [6.45, 7) is 1.39. The standard InChI is InChI=1S/C12H13F3O2S/c1-2-17-11(16)12(14,15)18-8-7-9-3-5-10(13)6-4-9/h3-6H,2,7-8H2,1H3. The molecule has 18 heavy (non-hydrogen) atoms. The van der Waals surface area contributed by atoms with Crippen molar-refractivity contribution in [2.45, 2.75) is 18.6 Å². The van der Waals surface area contributed by atoms with Gasteiger partial charge in [0.2, 0.25) is 0 Å². The predicted molar refractivity (Wildman–Crippen MR) is 64.1 cm³/mol. The highest BCUT2D eigenvalue weighted by Crippen LogP contribution is 2.30. The zero-order valence-corrected chi connectivity index (χ0v) is 10.6. The summed E-state index contributed by atoms with van der Waals surface area (Å²) in [5, 5.41) is -3.53. The molecule has 1 aromatic carbocycles. The first-order valence-corrected chi connectivity index (χ1v) is 6.37.